The van der Waals surface area contributed by atoms with E-state index < -0.39 is 0 Å². The number of hydrogen-bond acceptors (Lipinski definition) is 10. The Kier molecular flexibility index (Phi) is 12.5. The summed E-state index contributed by atoms with van der Waals surface area (Å²) in [5.41, 5.74) is 3.31. The number of hydrogen-bond donors (Lipinski definition) is 2. The molecule has 1 saturated heterocycles. The molecule has 0 bridgehead atoms. The van der Waals surface area contributed by atoms with E-state index >= 15 is 0 Å². The maximum Gasteiger partial charge on any atom is 0.320 e. The van der Waals surface area contributed by atoms with E-state index in [4.69, 9.17) is 26.4 Å². The van der Waals surface area contributed by atoms with Gasteiger partial charge in [-0.2, -0.15) is 15.5 Å². The van der Waals surface area contributed by atoms with E-state index in [0.29, 0.717) is 54.0 Å². The van der Waals surface area contributed by atoms with Crippen molar-refractivity contribution < 1.29 is 19.2 Å². The molecule has 45 heavy (non-hydrogen) atoms. The second-order valence-corrected chi connectivity index (χ2v) is 11.4. The van der Waals surface area contributed by atoms with Gasteiger partial charge in [-0.3, -0.25) is 29.2 Å². The van der Waals surface area contributed by atoms with Gasteiger partial charge in [0.25, 0.3) is 5.91 Å². The Hall–Kier alpha value is -4.25. The van der Waals surface area contributed by atoms with Crippen LogP contribution in [0.5, 0.6) is 0 Å². The number of H-pyrrole nitrogens is 1. The Balaban J connectivity index is 1.16. The van der Waals surface area contributed by atoms with Gasteiger partial charge in [-0.25, -0.2) is 0 Å². The molecule has 0 saturated carbocycles. The lowest BCUT2D eigenvalue weighted by molar-refractivity contribution is -0.145. The molecule has 14 heteroatoms. The minimum atomic E-state index is -0.297. The second kappa shape index (κ2) is 16.7. The second-order valence-electron chi connectivity index (χ2n) is 11.0. The molecule has 1 aliphatic rings. The van der Waals surface area contributed by atoms with Gasteiger partial charge in [0.1, 0.15) is 29.8 Å². The van der Waals surface area contributed by atoms with Crippen LogP contribution in [-0.4, -0.2) is 106 Å². The summed E-state index contributed by atoms with van der Waals surface area (Å²) in [4.78, 5) is 34.7. The van der Waals surface area contributed by atoms with Crippen LogP contribution in [0.25, 0.3) is 11.3 Å². The molecule has 1 amide bonds. The molecule has 2 N–H and O–H groups in total. The first-order valence-corrected chi connectivity index (χ1v) is 15.5. The molecule has 13 nitrogen and oxygen atoms in total. The van der Waals surface area contributed by atoms with E-state index in [1.165, 1.54) is 0 Å². The van der Waals surface area contributed by atoms with Crippen molar-refractivity contribution in [1.29, 1.82) is 5.26 Å². The lowest BCUT2D eigenvalue weighted by atomic mass is 10.1. The summed E-state index contributed by atoms with van der Waals surface area (Å²) in [6.07, 6.45) is 3.73. The number of aromatic amines is 1. The number of halogens is 1. The molecule has 3 heterocycles. The maximum absolute atomic E-state index is 12.8. The molecule has 1 fully saturated rings. The number of unbranched alkanes of at least 4 members (excludes halogenated alkanes) is 1. The summed E-state index contributed by atoms with van der Waals surface area (Å²) < 4.78 is 6.99. The lowest BCUT2D eigenvalue weighted by Crippen LogP contribution is -2.48. The number of nitriles is 1. The maximum atomic E-state index is 12.8. The first kappa shape index (κ1) is 33.6. The van der Waals surface area contributed by atoms with Crippen LogP contribution in [0.3, 0.4) is 0 Å². The molecule has 3 aromatic rings. The number of aromatic nitrogens is 4. The first-order valence-electron chi connectivity index (χ1n) is 15.1. The summed E-state index contributed by atoms with van der Waals surface area (Å²) in [7, 11) is 0. The van der Waals surface area contributed by atoms with Crippen molar-refractivity contribution in [1.82, 2.24) is 35.1 Å². The lowest BCUT2D eigenvalue weighted by Gasteiger charge is -2.33. The molecule has 1 unspecified atom stereocenters. The minimum Gasteiger partial charge on any atom is -0.465 e. The third-order valence-corrected chi connectivity index (χ3v) is 7.65. The predicted molar refractivity (Wildman–Crippen MR) is 170 cm³/mol. The number of nitrogens with one attached hydrogen (secondary N) is 2. The zero-order valence-electron chi connectivity index (χ0n) is 26.0. The summed E-state index contributed by atoms with van der Waals surface area (Å²) in [6.45, 7) is 11.4. The zero-order valence-corrected chi connectivity index (χ0v) is 26.7. The van der Waals surface area contributed by atoms with Crippen LogP contribution < -0.4 is 5.32 Å². The van der Waals surface area contributed by atoms with E-state index in [1.54, 1.807) is 35.9 Å². The van der Waals surface area contributed by atoms with E-state index in [2.05, 4.69) is 42.5 Å². The highest BCUT2D eigenvalue weighted by Gasteiger charge is 2.20. The number of amides is 1. The van der Waals surface area contributed by atoms with Crippen molar-refractivity contribution >= 4 is 29.2 Å². The molecule has 0 radical (unpaired) electrons. The molecule has 0 spiro atoms. The van der Waals surface area contributed by atoms with Crippen molar-refractivity contribution in [3.63, 3.8) is 0 Å². The average molecular weight is 638 g/mol. The summed E-state index contributed by atoms with van der Waals surface area (Å²) in [6, 6.07) is 10.5. The largest absolute Gasteiger partial charge is 0.465 e. The van der Waals surface area contributed by atoms with Gasteiger partial charge in [0.05, 0.1) is 36.0 Å². The number of rotatable bonds is 15. The smallest absolute Gasteiger partial charge is 0.320 e. The third kappa shape index (κ3) is 10.1. The van der Waals surface area contributed by atoms with E-state index in [-0.39, 0.29) is 17.9 Å². The van der Waals surface area contributed by atoms with Crippen molar-refractivity contribution in [2.45, 2.75) is 46.2 Å². The van der Waals surface area contributed by atoms with Gasteiger partial charge in [0.15, 0.2) is 0 Å². The molecule has 1 aromatic carbocycles. The highest BCUT2D eigenvalue weighted by Crippen LogP contribution is 2.24. The Morgan fingerprint density at radius 2 is 1.96 bits per heavy atom. The topological polar surface area (TPSA) is 154 Å². The van der Waals surface area contributed by atoms with Crippen molar-refractivity contribution in [2.24, 2.45) is 5.16 Å². The SMILES string of the molecule is CCCCOC(=O)CN1CCN(CCO/N=C(/C)c2cc(C(=O)NC(C)Cn3ccc(-c4ccc(C#N)c(Cl)c4)n3)[nH]n2)CC1. The number of piperazine rings is 1. The third-order valence-electron chi connectivity index (χ3n) is 7.34. The summed E-state index contributed by atoms with van der Waals surface area (Å²) in [5, 5.41) is 28.1. The Bertz CT molecular complexity index is 1500. The first-order chi connectivity index (χ1) is 21.7. The summed E-state index contributed by atoms with van der Waals surface area (Å²) >= 11 is 6.16. The van der Waals surface area contributed by atoms with Crippen molar-refractivity contribution in [3.05, 3.63) is 58.5 Å². The molecule has 1 atom stereocenters. The number of ether oxygens (including phenoxy) is 1. The average Bonchev–Trinajstić information content (AvgIpc) is 3.71. The van der Waals surface area contributed by atoms with Crippen LogP contribution in [0.15, 0.2) is 41.7 Å². The number of nitrogens with zero attached hydrogens (tertiary/aromatic N) is 7. The van der Waals surface area contributed by atoms with E-state index in [9.17, 15) is 9.59 Å². The van der Waals surface area contributed by atoms with Gasteiger partial charge < -0.3 is 14.9 Å². The fraction of sp³-hybridized carbons (Fsp3) is 0.484. The molecule has 240 valence electrons. The Labute approximate surface area is 268 Å². The van der Waals surface area contributed by atoms with Gasteiger partial charge >= 0.3 is 5.97 Å². The number of carbonyl (C=O) groups is 2. The molecule has 2 aromatic heterocycles. The van der Waals surface area contributed by atoms with Crippen LogP contribution in [0, 0.1) is 11.3 Å². The van der Waals surface area contributed by atoms with Gasteiger partial charge in [0, 0.05) is 50.5 Å². The van der Waals surface area contributed by atoms with Gasteiger partial charge in [-0.1, -0.05) is 36.2 Å². The Morgan fingerprint density at radius 1 is 1.18 bits per heavy atom. The monoisotopic (exact) mass is 637 g/mol. The molecular weight excluding hydrogens is 598 g/mol. The van der Waals surface area contributed by atoms with Gasteiger partial charge in [-0.05, 0) is 44.5 Å². The van der Waals surface area contributed by atoms with E-state index in [1.807, 2.05) is 25.3 Å². The predicted octanol–water partition coefficient (Wildman–Crippen LogP) is 3.32. The van der Waals surface area contributed by atoms with Gasteiger partial charge in [0.2, 0.25) is 0 Å². The molecular formula is C31H40ClN9O4. The molecule has 0 aliphatic carbocycles. The standard InChI is InChI=1S/C31H40ClN9O4/c1-4-5-15-44-30(42)21-40-12-10-39(11-13-40)14-16-45-38-23(3)28-18-29(36-35-28)31(43)34-22(2)20-41-9-8-27(37-41)24-6-7-25(19-33)26(32)17-24/h6-9,17-18,22H,4-5,10-16,20-21H2,1-3H3,(H,34,43)(H,35,36)/b38-23-. The quantitative estimate of drug-likeness (QED) is 0.111. The number of esters is 1. The number of oxime groups is 1. The van der Waals surface area contributed by atoms with Crippen molar-refractivity contribution in [2.75, 3.05) is 52.5 Å². The summed E-state index contributed by atoms with van der Waals surface area (Å²) in [5.74, 6) is -0.454. The van der Waals surface area contributed by atoms with Crippen LogP contribution in [0.2, 0.25) is 5.02 Å². The van der Waals surface area contributed by atoms with Crippen LogP contribution in [-0.2, 0) is 20.9 Å². The zero-order chi connectivity index (χ0) is 32.2. The van der Waals surface area contributed by atoms with Crippen LogP contribution in [0.4, 0.5) is 0 Å². The number of carbonyl (C=O) groups excluding carboxylic acids is 2. The van der Waals surface area contributed by atoms with Crippen LogP contribution >= 0.6 is 11.6 Å². The highest BCUT2D eigenvalue weighted by atomic mass is 35.5. The fourth-order valence-electron chi connectivity index (χ4n) is 4.72. The normalized spacial score (nSPS) is 15.0. The van der Waals surface area contributed by atoms with Crippen LogP contribution in [0.1, 0.15) is 55.4 Å². The Morgan fingerprint density at radius 3 is 2.69 bits per heavy atom. The van der Waals surface area contributed by atoms with E-state index in [0.717, 1.165) is 56.8 Å². The van der Waals surface area contributed by atoms with Crippen molar-refractivity contribution in [3.8, 4) is 17.3 Å². The molecule has 4 rings (SSSR count). The van der Waals surface area contributed by atoms with Gasteiger partial charge in [-0.15, -0.1) is 0 Å². The minimum absolute atomic E-state index is 0.158. The fourth-order valence-corrected chi connectivity index (χ4v) is 4.95. The highest BCUT2D eigenvalue weighted by molar-refractivity contribution is 6.32. The molecule has 1 aliphatic heterocycles. The number of benzene rings is 1.